The molecule has 2 bridgehead atoms. The average Bonchev–Trinajstić information content (AvgIpc) is 3.08. The predicted octanol–water partition coefficient (Wildman–Crippen LogP) is 4.66. The van der Waals surface area contributed by atoms with Crippen molar-refractivity contribution in [1.29, 1.82) is 5.41 Å². The molecule has 1 saturated carbocycles. The molecule has 5 rings (SSSR count). The summed E-state index contributed by atoms with van der Waals surface area (Å²) < 4.78 is 0. The minimum atomic E-state index is 0.378. The van der Waals surface area contributed by atoms with Crippen LogP contribution in [0.3, 0.4) is 0 Å². The van der Waals surface area contributed by atoms with E-state index in [-0.39, 0.29) is 0 Å². The highest BCUT2D eigenvalue weighted by atomic mass is 32.2. The Morgan fingerprint density at radius 2 is 2.13 bits per heavy atom. The van der Waals surface area contributed by atoms with Crippen molar-refractivity contribution in [2.24, 2.45) is 4.99 Å². The Morgan fingerprint density at radius 1 is 1.39 bits per heavy atom. The number of carbonyl (C=O) groups excluding carboxylic acids is 1. The monoisotopic (exact) mass is 456 g/mol. The van der Waals surface area contributed by atoms with Crippen LogP contribution in [0.4, 0.5) is 5.82 Å². The number of aliphatic imine (C=N–C) groups is 1. The Bertz CT molecular complexity index is 955. The lowest BCUT2D eigenvalue weighted by molar-refractivity contribution is -0.130. The first-order chi connectivity index (χ1) is 14.9. The van der Waals surface area contributed by atoms with Gasteiger partial charge in [-0.2, -0.15) is 0 Å². The lowest BCUT2D eigenvalue weighted by atomic mass is 9.79. The molecule has 0 aromatic carbocycles. The van der Waals surface area contributed by atoms with Crippen LogP contribution in [0.5, 0.6) is 0 Å². The Hall–Kier alpha value is -2.52. The van der Waals surface area contributed by atoms with Crippen molar-refractivity contribution in [3.05, 3.63) is 44.9 Å². The number of aryl methyl sites for hydroxylation is 3. The van der Waals surface area contributed by atoms with Crippen molar-refractivity contribution in [1.82, 2.24) is 14.9 Å². The number of hydrogen-bond donors (Lipinski definition) is 2. The summed E-state index contributed by atoms with van der Waals surface area (Å²) in [5.74, 6) is 1.60. The summed E-state index contributed by atoms with van der Waals surface area (Å²) in [6.07, 6.45) is 5.53. The number of nitrogens with one attached hydrogen (secondary N) is 2. The summed E-state index contributed by atoms with van der Waals surface area (Å²) in [4.78, 5) is 26.1. The summed E-state index contributed by atoms with van der Waals surface area (Å²) in [5, 5.41) is 13.7. The molecule has 2 aromatic heterocycles. The van der Waals surface area contributed by atoms with Gasteiger partial charge >= 0.3 is 0 Å². The molecule has 2 aliphatic heterocycles. The van der Waals surface area contributed by atoms with Gasteiger partial charge in [-0.1, -0.05) is 6.07 Å². The SMILES string of the molecule is C=N/C(=C\SCNc1ccc(C)cn1)c1sc(C)nc1C.N=C1C[C@@H]2C[C@H](C1)N2C=O. The highest BCUT2D eigenvalue weighted by molar-refractivity contribution is 8.02. The van der Waals surface area contributed by atoms with E-state index < -0.39 is 0 Å². The maximum Gasteiger partial charge on any atom is 0.210 e. The molecular formula is C22H28N6OS2. The van der Waals surface area contributed by atoms with Crippen molar-refractivity contribution in [3.63, 3.8) is 0 Å². The van der Waals surface area contributed by atoms with Crippen LogP contribution < -0.4 is 5.32 Å². The zero-order chi connectivity index (χ0) is 22.4. The number of pyridine rings is 1. The number of nitrogens with zero attached hydrogens (tertiary/aromatic N) is 4. The standard InChI is InChI=1S/C15H18N4S2.C7H10N2O/c1-10-5-6-14(17-7-10)18-9-20-8-13(16-4)15-11(2)19-12(3)21-15;8-5-1-6-3-7(2-5)9(6)4-10/h5-8H,4,9H2,1-3H3,(H,17,18);4,6-8H,1-3H2/b13-8-;/t;6-,7+. The van der Waals surface area contributed by atoms with Gasteiger partial charge in [0.25, 0.3) is 0 Å². The lowest BCUT2D eigenvalue weighted by Crippen LogP contribution is -2.60. The van der Waals surface area contributed by atoms with Gasteiger partial charge in [-0.05, 0) is 50.9 Å². The van der Waals surface area contributed by atoms with E-state index in [1.165, 1.54) is 0 Å². The minimum Gasteiger partial charge on any atom is -0.361 e. The molecule has 2 N–H and O–H groups in total. The fourth-order valence-electron chi connectivity index (χ4n) is 3.66. The van der Waals surface area contributed by atoms with E-state index >= 15 is 0 Å². The molecule has 2 saturated heterocycles. The number of fused-ring (bicyclic) bond motifs is 2. The number of anilines is 1. The second-order valence-corrected chi connectivity index (χ2v) is 9.69. The molecule has 0 unspecified atom stereocenters. The molecular weight excluding hydrogens is 428 g/mol. The normalized spacial score (nSPS) is 19.8. The third-order valence-corrected chi connectivity index (χ3v) is 7.02. The molecule has 31 heavy (non-hydrogen) atoms. The van der Waals surface area contributed by atoms with Gasteiger partial charge in [-0.15, -0.1) is 23.1 Å². The Morgan fingerprint density at radius 3 is 2.68 bits per heavy atom. The van der Waals surface area contributed by atoms with Crippen molar-refractivity contribution < 1.29 is 4.79 Å². The number of carbonyl (C=O) groups is 1. The number of piperidine rings is 1. The summed E-state index contributed by atoms with van der Waals surface area (Å²) in [6, 6.07) is 4.77. The maximum atomic E-state index is 10.4. The van der Waals surface area contributed by atoms with E-state index in [1.807, 2.05) is 49.4 Å². The van der Waals surface area contributed by atoms with Crippen LogP contribution in [0.1, 0.15) is 40.4 Å². The molecule has 2 aromatic rings. The van der Waals surface area contributed by atoms with Crippen molar-refractivity contribution in [3.8, 4) is 0 Å². The summed E-state index contributed by atoms with van der Waals surface area (Å²) >= 11 is 3.27. The predicted molar refractivity (Wildman–Crippen MR) is 131 cm³/mol. The second-order valence-electron chi connectivity index (χ2n) is 7.62. The van der Waals surface area contributed by atoms with E-state index in [4.69, 9.17) is 5.41 Å². The summed E-state index contributed by atoms with van der Waals surface area (Å²) in [5.41, 5.74) is 3.85. The van der Waals surface area contributed by atoms with E-state index in [0.29, 0.717) is 12.1 Å². The maximum absolute atomic E-state index is 10.4. The van der Waals surface area contributed by atoms with Gasteiger partial charge in [0.05, 0.1) is 27.2 Å². The van der Waals surface area contributed by atoms with Crippen molar-refractivity contribution in [2.45, 2.75) is 52.1 Å². The van der Waals surface area contributed by atoms with Crippen LogP contribution in [-0.2, 0) is 4.79 Å². The van der Waals surface area contributed by atoms with Crippen LogP contribution in [0, 0.1) is 26.2 Å². The molecule has 9 heteroatoms. The first-order valence-corrected chi connectivity index (χ1v) is 12.0. The molecule has 0 radical (unpaired) electrons. The quantitative estimate of drug-likeness (QED) is 0.273. The van der Waals surface area contributed by atoms with Crippen molar-refractivity contribution in [2.75, 3.05) is 11.2 Å². The van der Waals surface area contributed by atoms with Gasteiger partial charge in [0.1, 0.15) is 5.82 Å². The van der Waals surface area contributed by atoms with Crippen LogP contribution in [0.25, 0.3) is 5.70 Å². The third kappa shape index (κ3) is 6.01. The molecule has 7 nitrogen and oxygen atoms in total. The highest BCUT2D eigenvalue weighted by Crippen LogP contribution is 2.34. The number of thiazole rings is 1. The molecule has 0 spiro atoms. The summed E-state index contributed by atoms with van der Waals surface area (Å²) in [6.45, 7) is 9.67. The number of aromatic nitrogens is 2. The first-order valence-electron chi connectivity index (χ1n) is 10.1. The molecule has 4 heterocycles. The smallest absolute Gasteiger partial charge is 0.210 e. The van der Waals surface area contributed by atoms with Gasteiger partial charge in [-0.3, -0.25) is 9.79 Å². The van der Waals surface area contributed by atoms with Gasteiger partial charge in [0, 0.05) is 36.8 Å². The van der Waals surface area contributed by atoms with E-state index in [9.17, 15) is 4.79 Å². The largest absolute Gasteiger partial charge is 0.361 e. The molecule has 1 aliphatic carbocycles. The third-order valence-electron chi connectivity index (χ3n) is 5.22. The van der Waals surface area contributed by atoms with Gasteiger partial charge in [0.2, 0.25) is 6.41 Å². The van der Waals surface area contributed by atoms with Gasteiger partial charge < -0.3 is 15.6 Å². The lowest BCUT2D eigenvalue weighted by Gasteiger charge is -2.50. The zero-order valence-corrected chi connectivity index (χ0v) is 19.7. The fraction of sp³-hybridized carbons (Fsp3) is 0.409. The van der Waals surface area contributed by atoms with E-state index in [2.05, 4.69) is 27.0 Å². The van der Waals surface area contributed by atoms with Gasteiger partial charge in [-0.25, -0.2) is 9.97 Å². The van der Waals surface area contributed by atoms with Crippen LogP contribution in [-0.4, -0.2) is 51.7 Å². The highest BCUT2D eigenvalue weighted by Gasteiger charge is 2.42. The van der Waals surface area contributed by atoms with E-state index in [0.717, 1.165) is 69.9 Å². The van der Waals surface area contributed by atoms with Gasteiger partial charge in [0.15, 0.2) is 0 Å². The second kappa shape index (κ2) is 10.7. The van der Waals surface area contributed by atoms with Crippen LogP contribution >= 0.6 is 23.1 Å². The molecule has 1 amide bonds. The number of rotatable bonds is 7. The van der Waals surface area contributed by atoms with Crippen LogP contribution in [0.15, 0.2) is 28.7 Å². The van der Waals surface area contributed by atoms with Crippen molar-refractivity contribution >= 4 is 53.5 Å². The molecule has 164 valence electrons. The fourth-order valence-corrected chi connectivity index (χ4v) is 5.30. The summed E-state index contributed by atoms with van der Waals surface area (Å²) in [7, 11) is 0. The molecule has 2 atom stereocenters. The Kier molecular flexibility index (Phi) is 7.97. The number of amides is 1. The minimum absolute atomic E-state index is 0.378. The molecule has 3 fully saturated rings. The first kappa shape index (κ1) is 23.1. The zero-order valence-electron chi connectivity index (χ0n) is 18.1. The number of thioether (sulfide) groups is 1. The Balaban J connectivity index is 0.000000225. The topological polar surface area (TPSA) is 94.3 Å². The number of hydrogen-bond acceptors (Lipinski definition) is 8. The Labute approximate surface area is 191 Å². The van der Waals surface area contributed by atoms with E-state index in [1.54, 1.807) is 23.1 Å². The average molecular weight is 457 g/mol. The molecule has 3 aliphatic rings. The van der Waals surface area contributed by atoms with Crippen LogP contribution in [0.2, 0.25) is 0 Å².